The number of rotatable bonds is 12. The number of benzene rings is 2. The molecule has 4 N–H and O–H groups in total. The standard InChI is InChI=1S/C24H29FN6O3/c1-15(2)13-20(21(32)33)28-24-30-22(26-12-11-16-7-9-19(34-3)10-8-16)29-23(31-24)27-18-6-4-5-17(25)14-18/h4-10,14-15,20H,11-13H2,1-3H3,(H,32,33)(H3,26,27,28,29,30,31)/t20-/m0/s1. The molecule has 0 bridgehead atoms. The van der Waals surface area contributed by atoms with E-state index in [1.54, 1.807) is 19.2 Å². The number of anilines is 4. The number of carboxylic acids is 1. The highest BCUT2D eigenvalue weighted by Crippen LogP contribution is 2.19. The average Bonchev–Trinajstić information content (AvgIpc) is 2.79. The number of hydrogen-bond donors (Lipinski definition) is 4. The highest BCUT2D eigenvalue weighted by Gasteiger charge is 2.20. The van der Waals surface area contributed by atoms with E-state index < -0.39 is 17.8 Å². The van der Waals surface area contributed by atoms with Crippen molar-refractivity contribution in [3.63, 3.8) is 0 Å². The number of nitrogens with zero attached hydrogens (tertiary/aromatic N) is 3. The van der Waals surface area contributed by atoms with Gasteiger partial charge >= 0.3 is 5.97 Å². The SMILES string of the molecule is COc1ccc(CCNc2nc(Nc3cccc(F)c3)nc(N[C@@H](CC(C)C)C(=O)O)n2)cc1. The van der Waals surface area contributed by atoms with Gasteiger partial charge in [-0.25, -0.2) is 9.18 Å². The van der Waals surface area contributed by atoms with Crippen LogP contribution in [-0.4, -0.2) is 45.7 Å². The highest BCUT2D eigenvalue weighted by atomic mass is 19.1. The molecule has 0 radical (unpaired) electrons. The number of carbonyl (C=O) groups is 1. The first-order valence-corrected chi connectivity index (χ1v) is 11.0. The lowest BCUT2D eigenvalue weighted by Gasteiger charge is -2.17. The quantitative estimate of drug-likeness (QED) is 0.308. The molecule has 0 aliphatic rings. The summed E-state index contributed by atoms with van der Waals surface area (Å²) in [6.07, 6.45) is 1.10. The van der Waals surface area contributed by atoms with Gasteiger partial charge in [-0.2, -0.15) is 15.0 Å². The van der Waals surface area contributed by atoms with Crippen molar-refractivity contribution in [3.8, 4) is 5.75 Å². The third kappa shape index (κ3) is 7.58. The first kappa shape index (κ1) is 24.7. The molecule has 34 heavy (non-hydrogen) atoms. The largest absolute Gasteiger partial charge is 0.497 e. The molecule has 0 amide bonds. The zero-order valence-electron chi connectivity index (χ0n) is 19.4. The molecule has 0 saturated carbocycles. The molecule has 0 aliphatic carbocycles. The van der Waals surface area contributed by atoms with Gasteiger partial charge in [0, 0.05) is 12.2 Å². The maximum absolute atomic E-state index is 13.6. The van der Waals surface area contributed by atoms with Crippen molar-refractivity contribution in [2.24, 2.45) is 5.92 Å². The zero-order valence-corrected chi connectivity index (χ0v) is 19.4. The minimum atomic E-state index is -0.997. The number of aromatic nitrogens is 3. The number of nitrogens with one attached hydrogen (secondary N) is 3. The van der Waals surface area contributed by atoms with E-state index in [2.05, 4.69) is 30.9 Å². The fourth-order valence-corrected chi connectivity index (χ4v) is 3.23. The molecule has 180 valence electrons. The van der Waals surface area contributed by atoms with Gasteiger partial charge in [-0.15, -0.1) is 0 Å². The van der Waals surface area contributed by atoms with Gasteiger partial charge in [0.2, 0.25) is 17.8 Å². The van der Waals surface area contributed by atoms with Crippen LogP contribution in [0.15, 0.2) is 48.5 Å². The van der Waals surface area contributed by atoms with Gasteiger partial charge in [0.05, 0.1) is 7.11 Å². The zero-order chi connectivity index (χ0) is 24.5. The second-order valence-electron chi connectivity index (χ2n) is 8.13. The lowest BCUT2D eigenvalue weighted by Crippen LogP contribution is -2.31. The van der Waals surface area contributed by atoms with Crippen molar-refractivity contribution in [1.29, 1.82) is 0 Å². The van der Waals surface area contributed by atoms with E-state index in [1.807, 2.05) is 38.1 Å². The summed E-state index contributed by atoms with van der Waals surface area (Å²) in [6.45, 7) is 4.41. The molecular formula is C24H29FN6O3. The van der Waals surface area contributed by atoms with E-state index in [0.29, 0.717) is 25.1 Å². The first-order valence-electron chi connectivity index (χ1n) is 11.0. The van der Waals surface area contributed by atoms with E-state index in [9.17, 15) is 14.3 Å². The van der Waals surface area contributed by atoms with Gasteiger partial charge in [-0.05, 0) is 54.7 Å². The summed E-state index contributed by atoms with van der Waals surface area (Å²) in [6, 6.07) is 12.8. The number of carboxylic acid groups (broad SMARTS) is 1. The molecule has 1 heterocycles. The Kier molecular flexibility index (Phi) is 8.55. The molecule has 2 aromatic carbocycles. The molecule has 1 aromatic heterocycles. The Hall–Kier alpha value is -3.95. The van der Waals surface area contributed by atoms with Crippen molar-refractivity contribution >= 4 is 29.5 Å². The van der Waals surface area contributed by atoms with Gasteiger partial charge in [-0.3, -0.25) is 0 Å². The van der Waals surface area contributed by atoms with Crippen molar-refractivity contribution < 1.29 is 19.0 Å². The summed E-state index contributed by atoms with van der Waals surface area (Å²) in [5.74, 6) is 0.0619. The van der Waals surface area contributed by atoms with Gasteiger partial charge in [0.15, 0.2) is 0 Å². The molecule has 0 saturated heterocycles. The lowest BCUT2D eigenvalue weighted by molar-refractivity contribution is -0.138. The van der Waals surface area contributed by atoms with E-state index in [1.165, 1.54) is 12.1 Å². The minimum Gasteiger partial charge on any atom is -0.497 e. The van der Waals surface area contributed by atoms with Crippen LogP contribution in [0.5, 0.6) is 5.75 Å². The second-order valence-corrected chi connectivity index (χ2v) is 8.13. The van der Waals surface area contributed by atoms with E-state index in [0.717, 1.165) is 11.3 Å². The summed E-state index contributed by atoms with van der Waals surface area (Å²) in [5, 5.41) is 18.5. The van der Waals surface area contributed by atoms with Crippen LogP contribution < -0.4 is 20.7 Å². The van der Waals surface area contributed by atoms with Crippen LogP contribution in [0.25, 0.3) is 0 Å². The predicted molar refractivity (Wildman–Crippen MR) is 129 cm³/mol. The van der Waals surface area contributed by atoms with Crippen molar-refractivity contribution in [3.05, 3.63) is 59.9 Å². The predicted octanol–water partition coefficient (Wildman–Crippen LogP) is 4.33. The molecule has 3 rings (SSSR count). The number of aliphatic carboxylic acids is 1. The van der Waals surface area contributed by atoms with Gasteiger partial charge in [0.1, 0.15) is 17.6 Å². The minimum absolute atomic E-state index is 0.105. The molecule has 0 unspecified atom stereocenters. The Bertz CT molecular complexity index is 1090. The molecule has 3 aromatic rings. The molecular weight excluding hydrogens is 439 g/mol. The fraction of sp³-hybridized carbons (Fsp3) is 0.333. The summed E-state index contributed by atoms with van der Waals surface area (Å²) in [4.78, 5) is 24.7. The number of ether oxygens (including phenoxy) is 1. The van der Waals surface area contributed by atoms with E-state index in [4.69, 9.17) is 4.74 Å². The van der Waals surface area contributed by atoms with Crippen molar-refractivity contribution in [1.82, 2.24) is 15.0 Å². The van der Waals surface area contributed by atoms with Crippen LogP contribution in [0.2, 0.25) is 0 Å². The summed E-state index contributed by atoms with van der Waals surface area (Å²) in [7, 11) is 1.62. The molecule has 9 nitrogen and oxygen atoms in total. The van der Waals surface area contributed by atoms with E-state index in [-0.39, 0.29) is 23.8 Å². The Morgan fingerprint density at radius 2 is 1.76 bits per heavy atom. The topological polar surface area (TPSA) is 121 Å². The van der Waals surface area contributed by atoms with Crippen LogP contribution in [-0.2, 0) is 11.2 Å². The maximum atomic E-state index is 13.6. The summed E-state index contributed by atoms with van der Waals surface area (Å²) in [5.41, 5.74) is 1.56. The Balaban J connectivity index is 1.78. The number of hydrogen-bond acceptors (Lipinski definition) is 8. The Morgan fingerprint density at radius 3 is 2.41 bits per heavy atom. The third-order valence-corrected chi connectivity index (χ3v) is 4.88. The fourth-order valence-electron chi connectivity index (χ4n) is 3.23. The van der Waals surface area contributed by atoms with Crippen LogP contribution in [0.1, 0.15) is 25.8 Å². The normalized spacial score (nSPS) is 11.7. The summed E-state index contributed by atoms with van der Waals surface area (Å²) >= 11 is 0. The van der Waals surface area contributed by atoms with Crippen molar-refractivity contribution in [2.45, 2.75) is 32.7 Å². The van der Waals surface area contributed by atoms with Gasteiger partial charge in [0.25, 0.3) is 0 Å². The van der Waals surface area contributed by atoms with Crippen LogP contribution in [0, 0.1) is 11.7 Å². The molecule has 0 fully saturated rings. The van der Waals surface area contributed by atoms with Crippen LogP contribution >= 0.6 is 0 Å². The number of halogens is 1. The first-order chi connectivity index (χ1) is 16.3. The summed E-state index contributed by atoms with van der Waals surface area (Å²) < 4.78 is 18.8. The number of methoxy groups -OCH3 is 1. The van der Waals surface area contributed by atoms with Crippen LogP contribution in [0.4, 0.5) is 27.9 Å². The Labute approximate surface area is 197 Å². The monoisotopic (exact) mass is 468 g/mol. The van der Waals surface area contributed by atoms with Crippen molar-refractivity contribution in [2.75, 3.05) is 29.6 Å². The molecule has 0 aliphatic heterocycles. The lowest BCUT2D eigenvalue weighted by atomic mass is 10.0. The van der Waals surface area contributed by atoms with E-state index >= 15 is 0 Å². The smallest absolute Gasteiger partial charge is 0.326 e. The Morgan fingerprint density at radius 1 is 1.06 bits per heavy atom. The third-order valence-electron chi connectivity index (χ3n) is 4.88. The highest BCUT2D eigenvalue weighted by molar-refractivity contribution is 5.76. The van der Waals surface area contributed by atoms with Gasteiger partial charge in [-0.1, -0.05) is 32.0 Å². The maximum Gasteiger partial charge on any atom is 0.326 e. The van der Waals surface area contributed by atoms with Gasteiger partial charge < -0.3 is 25.8 Å². The van der Waals surface area contributed by atoms with Crippen LogP contribution in [0.3, 0.4) is 0 Å². The second kappa shape index (κ2) is 11.8. The molecule has 1 atom stereocenters. The molecule has 0 spiro atoms. The average molecular weight is 469 g/mol. The molecule has 10 heteroatoms.